The first-order valence-corrected chi connectivity index (χ1v) is 12.8. The van der Waals surface area contributed by atoms with Gasteiger partial charge in [0.2, 0.25) is 11.8 Å². The van der Waals surface area contributed by atoms with Crippen molar-refractivity contribution in [3.05, 3.63) is 110 Å². The highest BCUT2D eigenvalue weighted by molar-refractivity contribution is 6.38. The number of likely N-dealkylation sites (N-methyl/N-ethyl adjacent to an activating group) is 1. The zero-order valence-electron chi connectivity index (χ0n) is 21.6. The lowest BCUT2D eigenvalue weighted by atomic mass is 10.1. The molecule has 1 heterocycles. The quantitative estimate of drug-likeness (QED) is 0.145. The number of amides is 2. The number of aryl methyl sites for hydroxylation is 1. The standard InChI is InChI=1S/C29H24Cl2N4O5/c1-18-6-10-20-4-3-5-25(29(20)33-18)40-17-22-23(30)13-14-24(28(22)31)34(2)27(37)16-32-26(36)15-9-19-7-11-21(12-8-19)35(38)39/h3-15H,16-17H2,1-2H3,(H,32,36). The van der Waals surface area contributed by atoms with Crippen LogP contribution in [0.4, 0.5) is 11.4 Å². The Kier molecular flexibility index (Phi) is 8.98. The van der Waals surface area contributed by atoms with Gasteiger partial charge in [0.25, 0.3) is 5.69 Å². The van der Waals surface area contributed by atoms with Crippen LogP contribution in [0.5, 0.6) is 5.75 Å². The number of halogens is 2. The molecule has 0 saturated carbocycles. The van der Waals surface area contributed by atoms with Gasteiger partial charge in [-0.05, 0) is 55.0 Å². The molecule has 0 fully saturated rings. The number of non-ortho nitro benzene ring substituents is 1. The monoisotopic (exact) mass is 578 g/mol. The number of para-hydroxylation sites is 1. The number of benzene rings is 3. The third-order valence-electron chi connectivity index (χ3n) is 6.04. The highest BCUT2D eigenvalue weighted by atomic mass is 35.5. The van der Waals surface area contributed by atoms with Crippen LogP contribution in [-0.2, 0) is 16.2 Å². The number of aromatic nitrogens is 1. The van der Waals surface area contributed by atoms with Crippen molar-refractivity contribution in [2.45, 2.75) is 13.5 Å². The molecule has 0 bridgehead atoms. The summed E-state index contributed by atoms with van der Waals surface area (Å²) in [4.78, 5) is 41.2. The maximum Gasteiger partial charge on any atom is 0.269 e. The zero-order valence-corrected chi connectivity index (χ0v) is 23.1. The van der Waals surface area contributed by atoms with Crippen molar-refractivity contribution >= 4 is 63.4 Å². The molecule has 1 aromatic heterocycles. The second kappa shape index (κ2) is 12.6. The number of carbonyl (C=O) groups excluding carboxylic acids is 2. The van der Waals surface area contributed by atoms with Gasteiger partial charge in [-0.2, -0.15) is 0 Å². The number of hydrogen-bond donors (Lipinski definition) is 1. The van der Waals surface area contributed by atoms with E-state index < -0.39 is 16.7 Å². The summed E-state index contributed by atoms with van der Waals surface area (Å²) in [5.74, 6) is -0.343. The molecule has 11 heteroatoms. The van der Waals surface area contributed by atoms with E-state index in [0.29, 0.717) is 27.6 Å². The molecule has 0 unspecified atom stereocenters. The first-order chi connectivity index (χ1) is 19.1. The van der Waals surface area contributed by atoms with E-state index in [1.807, 2.05) is 37.3 Å². The highest BCUT2D eigenvalue weighted by Crippen LogP contribution is 2.35. The van der Waals surface area contributed by atoms with Crippen molar-refractivity contribution in [3.63, 3.8) is 0 Å². The highest BCUT2D eigenvalue weighted by Gasteiger charge is 2.19. The summed E-state index contributed by atoms with van der Waals surface area (Å²) in [6.45, 7) is 1.66. The SMILES string of the molecule is Cc1ccc2cccc(OCc3c(Cl)ccc(N(C)C(=O)CNC(=O)C=Cc4ccc([N+](=O)[O-])cc4)c3Cl)c2n1. The minimum atomic E-state index is -0.505. The summed E-state index contributed by atoms with van der Waals surface area (Å²) >= 11 is 13.1. The topological polar surface area (TPSA) is 115 Å². The van der Waals surface area contributed by atoms with Crippen LogP contribution >= 0.6 is 23.2 Å². The van der Waals surface area contributed by atoms with Gasteiger partial charge in [0, 0.05) is 46.9 Å². The fourth-order valence-corrected chi connectivity index (χ4v) is 4.42. The molecule has 0 saturated heterocycles. The Morgan fingerprint density at radius 1 is 1.07 bits per heavy atom. The Morgan fingerprint density at radius 2 is 1.82 bits per heavy atom. The molecule has 9 nitrogen and oxygen atoms in total. The Bertz CT molecular complexity index is 1620. The van der Waals surface area contributed by atoms with E-state index in [9.17, 15) is 19.7 Å². The minimum absolute atomic E-state index is 0.0481. The number of carbonyl (C=O) groups is 2. The maximum atomic E-state index is 12.8. The predicted octanol–water partition coefficient (Wildman–Crippen LogP) is 6.13. The predicted molar refractivity (Wildman–Crippen MR) is 156 cm³/mol. The Morgan fingerprint density at radius 3 is 2.55 bits per heavy atom. The molecule has 0 aliphatic rings. The number of nitrogens with zero attached hydrogens (tertiary/aromatic N) is 3. The first kappa shape index (κ1) is 28.5. The molecule has 0 atom stereocenters. The lowest BCUT2D eigenvalue weighted by Crippen LogP contribution is -2.37. The molecule has 4 rings (SSSR count). The van der Waals surface area contributed by atoms with E-state index >= 15 is 0 Å². The molecule has 40 heavy (non-hydrogen) atoms. The third-order valence-corrected chi connectivity index (χ3v) is 6.82. The van der Waals surface area contributed by atoms with Crippen LogP contribution in [0.2, 0.25) is 10.0 Å². The smallest absolute Gasteiger partial charge is 0.269 e. The second-order valence-corrected chi connectivity index (χ2v) is 9.57. The molecule has 0 aliphatic heterocycles. The number of rotatable bonds is 9. The number of pyridine rings is 1. The summed E-state index contributed by atoms with van der Waals surface area (Å²) in [6.07, 6.45) is 2.73. The van der Waals surface area contributed by atoms with Crippen molar-refractivity contribution in [2.75, 3.05) is 18.5 Å². The fourth-order valence-electron chi connectivity index (χ4n) is 3.81. The van der Waals surface area contributed by atoms with Gasteiger partial charge < -0.3 is 15.0 Å². The number of nitro groups is 1. The van der Waals surface area contributed by atoms with Gasteiger partial charge in [-0.1, -0.05) is 41.4 Å². The van der Waals surface area contributed by atoms with Crippen LogP contribution in [0.15, 0.2) is 72.8 Å². The number of hydrogen-bond acceptors (Lipinski definition) is 6. The summed E-state index contributed by atoms with van der Waals surface area (Å²) in [5.41, 5.74) is 3.03. The van der Waals surface area contributed by atoms with Gasteiger partial charge in [-0.3, -0.25) is 19.7 Å². The van der Waals surface area contributed by atoms with E-state index in [0.717, 1.165) is 16.6 Å². The van der Waals surface area contributed by atoms with E-state index in [-0.39, 0.29) is 23.9 Å². The number of nitrogens with one attached hydrogen (secondary N) is 1. The Labute approximate surface area is 240 Å². The van der Waals surface area contributed by atoms with Gasteiger partial charge in [-0.25, -0.2) is 4.98 Å². The van der Waals surface area contributed by atoms with Crippen molar-refractivity contribution in [3.8, 4) is 5.75 Å². The molecular weight excluding hydrogens is 555 g/mol. The number of ether oxygens (including phenoxy) is 1. The largest absolute Gasteiger partial charge is 0.487 e. The first-order valence-electron chi connectivity index (χ1n) is 12.1. The van der Waals surface area contributed by atoms with Crippen molar-refractivity contribution in [2.24, 2.45) is 0 Å². The van der Waals surface area contributed by atoms with Gasteiger partial charge in [-0.15, -0.1) is 0 Å². The van der Waals surface area contributed by atoms with Crippen LogP contribution in [0.1, 0.15) is 16.8 Å². The van der Waals surface area contributed by atoms with Crippen LogP contribution in [0.25, 0.3) is 17.0 Å². The average molecular weight is 579 g/mol. The molecule has 0 spiro atoms. The average Bonchev–Trinajstić information content (AvgIpc) is 2.94. The van der Waals surface area contributed by atoms with Gasteiger partial charge in [0.05, 0.1) is 22.2 Å². The second-order valence-electron chi connectivity index (χ2n) is 8.78. The molecular formula is C29H24Cl2N4O5. The number of fused-ring (bicyclic) bond motifs is 1. The molecule has 2 amide bonds. The van der Waals surface area contributed by atoms with E-state index in [1.54, 1.807) is 19.2 Å². The van der Waals surface area contributed by atoms with E-state index in [2.05, 4.69) is 10.3 Å². The van der Waals surface area contributed by atoms with Crippen molar-refractivity contribution in [1.29, 1.82) is 0 Å². The Hall–Kier alpha value is -4.47. The van der Waals surface area contributed by atoms with Crippen molar-refractivity contribution < 1.29 is 19.2 Å². The Balaban J connectivity index is 1.40. The molecule has 0 radical (unpaired) electrons. The van der Waals surface area contributed by atoms with E-state index in [4.69, 9.17) is 27.9 Å². The molecule has 1 N–H and O–H groups in total. The molecule has 3 aromatic carbocycles. The summed E-state index contributed by atoms with van der Waals surface area (Å²) < 4.78 is 6.04. The number of anilines is 1. The summed E-state index contributed by atoms with van der Waals surface area (Å²) in [5, 5.41) is 14.8. The van der Waals surface area contributed by atoms with Crippen LogP contribution in [0, 0.1) is 17.0 Å². The van der Waals surface area contributed by atoms with Crippen molar-refractivity contribution in [1.82, 2.24) is 10.3 Å². The summed E-state index contributed by atoms with van der Waals surface area (Å²) in [7, 11) is 1.54. The maximum absolute atomic E-state index is 12.8. The third kappa shape index (κ3) is 6.74. The van der Waals surface area contributed by atoms with Gasteiger partial charge in [0.1, 0.15) is 17.9 Å². The molecule has 204 valence electrons. The van der Waals surface area contributed by atoms with Crippen LogP contribution in [-0.4, -0.2) is 35.3 Å². The lowest BCUT2D eigenvalue weighted by Gasteiger charge is -2.21. The van der Waals surface area contributed by atoms with E-state index in [1.165, 1.54) is 41.3 Å². The van der Waals surface area contributed by atoms with Gasteiger partial charge in [0.15, 0.2) is 0 Å². The van der Waals surface area contributed by atoms with Crippen LogP contribution < -0.4 is 15.0 Å². The summed E-state index contributed by atoms with van der Waals surface area (Å²) in [6, 6.07) is 18.5. The fraction of sp³-hybridized carbons (Fsp3) is 0.138. The zero-order chi connectivity index (χ0) is 28.8. The van der Waals surface area contributed by atoms with Gasteiger partial charge >= 0.3 is 0 Å². The minimum Gasteiger partial charge on any atom is -0.487 e. The van der Waals surface area contributed by atoms with Crippen LogP contribution in [0.3, 0.4) is 0 Å². The normalized spacial score (nSPS) is 11.0. The molecule has 0 aliphatic carbocycles. The molecule has 4 aromatic rings. The lowest BCUT2D eigenvalue weighted by molar-refractivity contribution is -0.384. The number of nitro benzene ring substituents is 1.